The van der Waals surface area contributed by atoms with Gasteiger partial charge in [-0.2, -0.15) is 0 Å². The van der Waals surface area contributed by atoms with E-state index in [9.17, 15) is 9.59 Å². The lowest BCUT2D eigenvalue weighted by atomic mass is 9.98. The summed E-state index contributed by atoms with van der Waals surface area (Å²) < 4.78 is 0. The summed E-state index contributed by atoms with van der Waals surface area (Å²) in [5.41, 5.74) is 0. The van der Waals surface area contributed by atoms with E-state index in [4.69, 9.17) is 0 Å². The van der Waals surface area contributed by atoms with E-state index < -0.39 is 0 Å². The average Bonchev–Trinajstić information content (AvgIpc) is 2.48. The fourth-order valence-corrected chi connectivity index (χ4v) is 3.30. The Kier molecular flexibility index (Phi) is 5.40. The van der Waals surface area contributed by atoms with E-state index in [1.54, 1.807) is 9.80 Å². The summed E-state index contributed by atoms with van der Waals surface area (Å²) in [6.07, 6.45) is 6.06. The van der Waals surface area contributed by atoms with Crippen molar-refractivity contribution in [3.05, 3.63) is 0 Å². The Bertz CT molecular complexity index is 355. The number of piperidine rings is 1. The fourth-order valence-electron chi connectivity index (χ4n) is 3.30. The van der Waals surface area contributed by atoms with E-state index in [-0.39, 0.29) is 24.4 Å². The van der Waals surface area contributed by atoms with Gasteiger partial charge in [0.1, 0.15) is 6.04 Å². The minimum absolute atomic E-state index is 0.134. The lowest BCUT2D eigenvalue weighted by Gasteiger charge is -2.42. The van der Waals surface area contributed by atoms with Gasteiger partial charge in [0.05, 0.1) is 6.54 Å². The summed E-state index contributed by atoms with van der Waals surface area (Å²) in [6, 6.07) is 0.341. The second kappa shape index (κ2) is 7.07. The highest BCUT2D eigenvalue weighted by Crippen LogP contribution is 2.23. The molecule has 114 valence electrons. The number of hydrogen-bond donors (Lipinski definition) is 1. The maximum atomic E-state index is 12.4. The van der Waals surface area contributed by atoms with Crippen LogP contribution in [0.2, 0.25) is 0 Å². The van der Waals surface area contributed by atoms with Crippen molar-refractivity contribution in [3.8, 4) is 0 Å². The molecule has 0 aromatic carbocycles. The SMILES string of the molecule is CCC(CCCN1CC(=O)N2CCCCC2C1=O)NC. The standard InChI is InChI=1S/C15H27N3O2/c1-3-12(16-2)7-6-9-17-11-14(19)18-10-5-4-8-13(18)15(17)20/h12-13,16H,3-11H2,1-2H3. The van der Waals surface area contributed by atoms with E-state index in [0.717, 1.165) is 45.1 Å². The van der Waals surface area contributed by atoms with Gasteiger partial charge in [-0.05, 0) is 45.6 Å². The largest absolute Gasteiger partial charge is 0.332 e. The van der Waals surface area contributed by atoms with Crippen LogP contribution in [0.1, 0.15) is 45.4 Å². The predicted octanol–water partition coefficient (Wildman–Crippen LogP) is 0.988. The van der Waals surface area contributed by atoms with Crippen LogP contribution < -0.4 is 5.32 Å². The zero-order chi connectivity index (χ0) is 14.5. The molecule has 0 aromatic heterocycles. The van der Waals surface area contributed by atoms with Gasteiger partial charge < -0.3 is 15.1 Å². The van der Waals surface area contributed by atoms with Crippen LogP contribution in [-0.2, 0) is 9.59 Å². The van der Waals surface area contributed by atoms with Gasteiger partial charge in [0, 0.05) is 19.1 Å². The third-order valence-corrected chi connectivity index (χ3v) is 4.63. The number of carbonyl (C=O) groups is 2. The number of rotatable bonds is 6. The average molecular weight is 281 g/mol. The number of amides is 2. The minimum atomic E-state index is -0.170. The molecular weight excluding hydrogens is 254 g/mol. The van der Waals surface area contributed by atoms with Crippen molar-refractivity contribution in [2.75, 3.05) is 26.7 Å². The van der Waals surface area contributed by atoms with Crippen LogP contribution >= 0.6 is 0 Å². The quantitative estimate of drug-likeness (QED) is 0.790. The van der Waals surface area contributed by atoms with E-state index >= 15 is 0 Å². The highest BCUT2D eigenvalue weighted by Gasteiger charge is 2.39. The molecule has 2 fully saturated rings. The molecule has 2 rings (SSSR count). The first-order chi connectivity index (χ1) is 9.67. The second-order valence-electron chi connectivity index (χ2n) is 5.89. The molecule has 2 aliphatic rings. The van der Waals surface area contributed by atoms with Crippen LogP contribution in [0.4, 0.5) is 0 Å². The molecule has 0 aliphatic carbocycles. The molecule has 0 spiro atoms. The molecule has 0 saturated carbocycles. The molecule has 0 bridgehead atoms. The van der Waals surface area contributed by atoms with Gasteiger partial charge in [0.2, 0.25) is 11.8 Å². The van der Waals surface area contributed by atoms with Crippen LogP contribution in [0.15, 0.2) is 0 Å². The van der Waals surface area contributed by atoms with Gasteiger partial charge >= 0.3 is 0 Å². The van der Waals surface area contributed by atoms with Crippen molar-refractivity contribution in [1.82, 2.24) is 15.1 Å². The molecule has 0 radical (unpaired) electrons. The Morgan fingerprint density at radius 1 is 1.35 bits per heavy atom. The van der Waals surface area contributed by atoms with Crippen molar-refractivity contribution in [3.63, 3.8) is 0 Å². The summed E-state index contributed by atoms with van der Waals surface area (Å²) in [7, 11) is 1.98. The lowest BCUT2D eigenvalue weighted by molar-refractivity contribution is -0.157. The summed E-state index contributed by atoms with van der Waals surface area (Å²) in [4.78, 5) is 28.1. The molecule has 0 aromatic rings. The summed E-state index contributed by atoms with van der Waals surface area (Å²) in [6.45, 7) is 3.93. The second-order valence-corrected chi connectivity index (χ2v) is 5.89. The zero-order valence-electron chi connectivity index (χ0n) is 12.7. The van der Waals surface area contributed by atoms with Crippen molar-refractivity contribution >= 4 is 11.8 Å². The van der Waals surface area contributed by atoms with Crippen molar-refractivity contribution in [2.24, 2.45) is 0 Å². The molecule has 2 heterocycles. The number of hydrogen-bond acceptors (Lipinski definition) is 3. The van der Waals surface area contributed by atoms with Crippen LogP contribution in [0, 0.1) is 0 Å². The van der Waals surface area contributed by atoms with Gasteiger partial charge in [-0.25, -0.2) is 0 Å². The topological polar surface area (TPSA) is 52.7 Å². The van der Waals surface area contributed by atoms with Gasteiger partial charge in [0.15, 0.2) is 0 Å². The highest BCUT2D eigenvalue weighted by atomic mass is 16.2. The van der Waals surface area contributed by atoms with Crippen molar-refractivity contribution < 1.29 is 9.59 Å². The van der Waals surface area contributed by atoms with E-state index in [1.807, 2.05) is 7.05 Å². The Hall–Kier alpha value is -1.10. The van der Waals surface area contributed by atoms with Gasteiger partial charge in [-0.3, -0.25) is 9.59 Å². The first kappa shape index (κ1) is 15.3. The molecule has 5 heteroatoms. The van der Waals surface area contributed by atoms with Gasteiger partial charge in [-0.1, -0.05) is 6.92 Å². The van der Waals surface area contributed by atoms with E-state index in [2.05, 4.69) is 12.2 Å². The van der Waals surface area contributed by atoms with Crippen molar-refractivity contribution in [2.45, 2.75) is 57.5 Å². The Morgan fingerprint density at radius 2 is 2.15 bits per heavy atom. The molecule has 5 nitrogen and oxygen atoms in total. The number of nitrogens with zero attached hydrogens (tertiary/aromatic N) is 2. The fraction of sp³-hybridized carbons (Fsp3) is 0.867. The maximum Gasteiger partial charge on any atom is 0.245 e. The van der Waals surface area contributed by atoms with Crippen molar-refractivity contribution in [1.29, 1.82) is 0 Å². The monoisotopic (exact) mass is 281 g/mol. The summed E-state index contributed by atoms with van der Waals surface area (Å²) in [5.74, 6) is 0.303. The van der Waals surface area contributed by atoms with Crippen LogP contribution in [-0.4, -0.2) is 60.4 Å². The molecule has 1 N–H and O–H groups in total. The molecule has 2 amide bonds. The van der Waals surface area contributed by atoms with Crippen LogP contribution in [0.25, 0.3) is 0 Å². The number of fused-ring (bicyclic) bond motifs is 1. The van der Waals surface area contributed by atoms with Gasteiger partial charge in [-0.15, -0.1) is 0 Å². The third-order valence-electron chi connectivity index (χ3n) is 4.63. The Morgan fingerprint density at radius 3 is 2.85 bits per heavy atom. The molecule has 2 atom stereocenters. The highest BCUT2D eigenvalue weighted by molar-refractivity contribution is 5.95. The maximum absolute atomic E-state index is 12.4. The van der Waals surface area contributed by atoms with Crippen LogP contribution in [0.3, 0.4) is 0 Å². The van der Waals surface area contributed by atoms with E-state index in [1.165, 1.54) is 0 Å². The summed E-state index contributed by atoms with van der Waals surface area (Å²) in [5, 5.41) is 3.28. The zero-order valence-corrected chi connectivity index (χ0v) is 12.7. The normalized spacial score (nSPS) is 24.8. The first-order valence-electron chi connectivity index (χ1n) is 7.93. The molecule has 2 aliphatic heterocycles. The number of nitrogens with one attached hydrogen (secondary N) is 1. The first-order valence-corrected chi connectivity index (χ1v) is 7.93. The third kappa shape index (κ3) is 3.32. The predicted molar refractivity (Wildman–Crippen MR) is 78.3 cm³/mol. The minimum Gasteiger partial charge on any atom is -0.332 e. The Balaban J connectivity index is 1.86. The molecular formula is C15H27N3O2. The van der Waals surface area contributed by atoms with Gasteiger partial charge in [0.25, 0.3) is 0 Å². The Labute approximate surface area is 121 Å². The summed E-state index contributed by atoms with van der Waals surface area (Å²) >= 11 is 0. The number of carbonyl (C=O) groups excluding carboxylic acids is 2. The molecule has 20 heavy (non-hydrogen) atoms. The molecule has 2 unspecified atom stereocenters. The lowest BCUT2D eigenvalue weighted by Crippen LogP contribution is -2.61. The van der Waals surface area contributed by atoms with Crippen LogP contribution in [0.5, 0.6) is 0 Å². The van der Waals surface area contributed by atoms with E-state index in [0.29, 0.717) is 12.6 Å². The number of piperazine rings is 1. The molecule has 2 saturated heterocycles. The smallest absolute Gasteiger partial charge is 0.245 e.